The highest BCUT2D eigenvalue weighted by Crippen LogP contribution is 2.24. The summed E-state index contributed by atoms with van der Waals surface area (Å²) >= 11 is 2.87. The number of ketones is 1. The van der Waals surface area contributed by atoms with Crippen LogP contribution in [0.25, 0.3) is 0 Å². The van der Waals surface area contributed by atoms with Crippen molar-refractivity contribution in [3.05, 3.63) is 82.9 Å². The maximum atomic E-state index is 12.2. The van der Waals surface area contributed by atoms with E-state index in [9.17, 15) is 9.59 Å². The maximum Gasteiger partial charge on any atom is 0.226 e. The summed E-state index contributed by atoms with van der Waals surface area (Å²) in [5.41, 5.74) is 2.50. The van der Waals surface area contributed by atoms with Crippen LogP contribution in [-0.4, -0.2) is 22.4 Å². The largest absolute Gasteiger partial charge is 0.349 e. The van der Waals surface area contributed by atoms with Crippen LogP contribution in [0.5, 0.6) is 0 Å². The van der Waals surface area contributed by atoms with Crippen LogP contribution in [0.2, 0.25) is 0 Å². The number of thiazole rings is 1. The molecule has 0 radical (unpaired) electrons. The third-order valence-corrected chi connectivity index (χ3v) is 6.04. The minimum Gasteiger partial charge on any atom is -0.349 e. The standard InChI is InChI=1S/C21H20N2O2S2/c1-15(16-8-4-2-5-9-16)22-20(25)12-18-13-26-21(23-18)27-14-19(24)17-10-6-3-7-11-17/h2-11,13,15H,12,14H2,1H3,(H,22,25)/t15-/m0/s1. The fraction of sp³-hybridized carbons (Fsp3) is 0.190. The van der Waals surface area contributed by atoms with Crippen molar-refractivity contribution in [3.8, 4) is 0 Å². The molecule has 138 valence electrons. The van der Waals surface area contributed by atoms with Crippen LogP contribution in [0.1, 0.15) is 34.6 Å². The second kappa shape index (κ2) is 9.48. The highest BCUT2D eigenvalue weighted by Gasteiger charge is 2.13. The van der Waals surface area contributed by atoms with Crippen LogP contribution in [0.15, 0.2) is 70.4 Å². The number of hydrogen-bond acceptors (Lipinski definition) is 5. The van der Waals surface area contributed by atoms with Gasteiger partial charge in [-0.15, -0.1) is 11.3 Å². The number of nitrogens with one attached hydrogen (secondary N) is 1. The molecule has 0 spiro atoms. The molecular weight excluding hydrogens is 376 g/mol. The Kier molecular flexibility index (Phi) is 6.79. The van der Waals surface area contributed by atoms with Crippen LogP contribution >= 0.6 is 23.1 Å². The van der Waals surface area contributed by atoms with Crippen molar-refractivity contribution in [3.63, 3.8) is 0 Å². The van der Waals surface area contributed by atoms with E-state index in [1.54, 1.807) is 0 Å². The van der Waals surface area contributed by atoms with Crippen molar-refractivity contribution in [2.75, 3.05) is 5.75 Å². The van der Waals surface area contributed by atoms with Crippen molar-refractivity contribution in [1.29, 1.82) is 0 Å². The van der Waals surface area contributed by atoms with Crippen LogP contribution in [-0.2, 0) is 11.2 Å². The zero-order valence-electron chi connectivity index (χ0n) is 14.9. The second-order valence-electron chi connectivity index (χ2n) is 6.06. The molecule has 0 bridgehead atoms. The van der Waals surface area contributed by atoms with Crippen LogP contribution in [0, 0.1) is 0 Å². The Balaban J connectivity index is 1.49. The number of carbonyl (C=O) groups is 2. The Labute approximate surface area is 167 Å². The Morgan fingerprint density at radius 2 is 1.74 bits per heavy atom. The Morgan fingerprint density at radius 1 is 1.07 bits per heavy atom. The predicted molar refractivity (Wildman–Crippen MR) is 110 cm³/mol. The van der Waals surface area contributed by atoms with Gasteiger partial charge in [-0.2, -0.15) is 0 Å². The molecule has 3 aromatic rings. The molecule has 1 N–H and O–H groups in total. The molecule has 1 atom stereocenters. The van der Waals surface area contributed by atoms with Gasteiger partial charge in [0.05, 0.1) is 23.9 Å². The smallest absolute Gasteiger partial charge is 0.226 e. The number of rotatable bonds is 8. The fourth-order valence-corrected chi connectivity index (χ4v) is 4.29. The van der Waals surface area contributed by atoms with Crippen molar-refractivity contribution in [2.45, 2.75) is 23.7 Å². The highest BCUT2D eigenvalue weighted by molar-refractivity contribution is 8.01. The number of benzene rings is 2. The number of hydrogen-bond donors (Lipinski definition) is 1. The van der Waals surface area contributed by atoms with Gasteiger partial charge in [-0.3, -0.25) is 9.59 Å². The van der Waals surface area contributed by atoms with E-state index in [0.717, 1.165) is 15.6 Å². The molecule has 27 heavy (non-hydrogen) atoms. The van der Waals surface area contributed by atoms with Crippen LogP contribution in [0.4, 0.5) is 0 Å². The average molecular weight is 397 g/mol. The summed E-state index contributed by atoms with van der Waals surface area (Å²) in [6.07, 6.45) is 0.237. The number of aromatic nitrogens is 1. The summed E-state index contributed by atoms with van der Waals surface area (Å²) in [6, 6.07) is 19.0. The minimum absolute atomic E-state index is 0.0466. The van der Waals surface area contributed by atoms with Gasteiger partial charge in [0.25, 0.3) is 0 Å². The zero-order valence-corrected chi connectivity index (χ0v) is 16.6. The van der Waals surface area contributed by atoms with Crippen molar-refractivity contribution >= 4 is 34.8 Å². The third kappa shape index (κ3) is 5.77. The molecule has 4 nitrogen and oxygen atoms in total. The van der Waals surface area contributed by atoms with Gasteiger partial charge >= 0.3 is 0 Å². The zero-order chi connectivity index (χ0) is 19.1. The highest BCUT2D eigenvalue weighted by atomic mass is 32.2. The summed E-state index contributed by atoms with van der Waals surface area (Å²) < 4.78 is 0.804. The SMILES string of the molecule is C[C@H](NC(=O)Cc1csc(SCC(=O)c2ccccc2)n1)c1ccccc1. The van der Waals surface area contributed by atoms with Crippen LogP contribution in [0.3, 0.4) is 0 Å². The van der Waals surface area contributed by atoms with E-state index < -0.39 is 0 Å². The van der Waals surface area contributed by atoms with Gasteiger partial charge in [0.15, 0.2) is 10.1 Å². The molecule has 0 fully saturated rings. The molecule has 0 aliphatic rings. The molecule has 1 amide bonds. The lowest BCUT2D eigenvalue weighted by Crippen LogP contribution is -2.28. The van der Waals surface area contributed by atoms with E-state index in [2.05, 4.69) is 10.3 Å². The summed E-state index contributed by atoms with van der Waals surface area (Å²) in [4.78, 5) is 28.9. The van der Waals surface area contributed by atoms with Gasteiger partial charge in [0.2, 0.25) is 5.91 Å². The predicted octanol–water partition coefficient (Wildman–Crippen LogP) is 4.54. The van der Waals surface area contributed by atoms with E-state index in [1.807, 2.05) is 73.0 Å². The summed E-state index contributed by atoms with van der Waals surface area (Å²) in [5, 5.41) is 4.87. The topological polar surface area (TPSA) is 59.1 Å². The Morgan fingerprint density at radius 3 is 2.44 bits per heavy atom. The average Bonchev–Trinajstić information content (AvgIpc) is 3.14. The monoisotopic (exact) mass is 396 g/mol. The van der Waals surface area contributed by atoms with E-state index >= 15 is 0 Å². The first-order valence-electron chi connectivity index (χ1n) is 8.61. The summed E-state index contributed by atoms with van der Waals surface area (Å²) in [5.74, 6) is 0.356. The number of nitrogens with zero attached hydrogens (tertiary/aromatic N) is 1. The first-order chi connectivity index (χ1) is 13.1. The van der Waals surface area contributed by atoms with E-state index in [1.165, 1.54) is 23.1 Å². The van der Waals surface area contributed by atoms with Gasteiger partial charge in [0, 0.05) is 10.9 Å². The molecule has 1 aromatic heterocycles. The first kappa shape index (κ1) is 19.3. The van der Waals surface area contributed by atoms with Crippen LogP contribution < -0.4 is 5.32 Å². The quantitative estimate of drug-likeness (QED) is 0.449. The molecular formula is C21H20N2O2S2. The van der Waals surface area contributed by atoms with Crippen molar-refractivity contribution in [2.24, 2.45) is 0 Å². The third-order valence-electron chi connectivity index (χ3n) is 3.97. The van der Waals surface area contributed by atoms with Gasteiger partial charge < -0.3 is 5.32 Å². The summed E-state index contributed by atoms with van der Waals surface area (Å²) in [6.45, 7) is 1.96. The number of Topliss-reactive ketones (excluding diaryl/α,β-unsaturated/α-hetero) is 1. The number of amides is 1. The fourth-order valence-electron chi connectivity index (χ4n) is 2.55. The normalized spacial score (nSPS) is 11.7. The number of thioether (sulfide) groups is 1. The molecule has 6 heteroatoms. The maximum absolute atomic E-state index is 12.2. The van der Waals surface area contributed by atoms with E-state index in [-0.39, 0.29) is 24.2 Å². The van der Waals surface area contributed by atoms with E-state index in [4.69, 9.17) is 0 Å². The first-order valence-corrected chi connectivity index (χ1v) is 10.5. The lowest BCUT2D eigenvalue weighted by atomic mass is 10.1. The molecule has 0 aliphatic carbocycles. The van der Waals surface area contributed by atoms with Gasteiger partial charge in [0.1, 0.15) is 0 Å². The number of carbonyl (C=O) groups excluding carboxylic acids is 2. The molecule has 0 aliphatic heterocycles. The molecule has 0 unspecified atom stereocenters. The Bertz CT molecular complexity index is 895. The van der Waals surface area contributed by atoms with Gasteiger partial charge in [-0.25, -0.2) is 4.98 Å². The van der Waals surface area contributed by atoms with Gasteiger partial charge in [-0.05, 0) is 12.5 Å². The molecule has 3 rings (SSSR count). The van der Waals surface area contributed by atoms with Gasteiger partial charge in [-0.1, -0.05) is 72.4 Å². The molecule has 0 saturated heterocycles. The summed E-state index contributed by atoms with van der Waals surface area (Å²) in [7, 11) is 0. The molecule has 0 saturated carbocycles. The molecule has 2 aromatic carbocycles. The van der Waals surface area contributed by atoms with Crippen molar-refractivity contribution < 1.29 is 9.59 Å². The van der Waals surface area contributed by atoms with Crippen molar-refractivity contribution in [1.82, 2.24) is 10.3 Å². The lowest BCUT2D eigenvalue weighted by Gasteiger charge is -2.13. The molecule has 1 heterocycles. The van der Waals surface area contributed by atoms with E-state index in [0.29, 0.717) is 11.3 Å². The lowest BCUT2D eigenvalue weighted by molar-refractivity contribution is -0.121. The Hall–Kier alpha value is -2.44. The minimum atomic E-state index is -0.0615. The second-order valence-corrected chi connectivity index (χ2v) is 8.14.